The topological polar surface area (TPSA) is 41.9 Å². The number of rotatable bonds is 11. The Bertz CT molecular complexity index is 670. The van der Waals surface area contributed by atoms with Gasteiger partial charge in [0.15, 0.2) is 0 Å². The zero-order chi connectivity index (χ0) is 19.1. The van der Waals surface area contributed by atoms with E-state index in [1.165, 1.54) is 18.4 Å². The number of hydrogen-bond acceptors (Lipinski definition) is 4. The smallest absolute Gasteiger partial charge is 0.118 e. The molecule has 1 fully saturated rings. The molecule has 2 atom stereocenters. The SMILES string of the molecule is COc1ccc(COCC(O)CN(Cc2ccccc2)C(C)C2CC2)cc1. The average Bonchev–Trinajstić information content (AvgIpc) is 3.53. The van der Waals surface area contributed by atoms with Crippen LogP contribution in [0.15, 0.2) is 54.6 Å². The molecule has 3 rings (SSSR count). The summed E-state index contributed by atoms with van der Waals surface area (Å²) in [6.45, 7) is 4.63. The van der Waals surface area contributed by atoms with E-state index in [1.807, 2.05) is 30.3 Å². The molecule has 2 unspecified atom stereocenters. The van der Waals surface area contributed by atoms with Crippen LogP contribution in [0.3, 0.4) is 0 Å². The van der Waals surface area contributed by atoms with Crippen LogP contribution in [0.25, 0.3) is 0 Å². The van der Waals surface area contributed by atoms with E-state index >= 15 is 0 Å². The van der Waals surface area contributed by atoms with Gasteiger partial charge >= 0.3 is 0 Å². The van der Waals surface area contributed by atoms with Crippen molar-refractivity contribution in [1.82, 2.24) is 4.90 Å². The number of ether oxygens (including phenoxy) is 2. The Morgan fingerprint density at radius 1 is 1.04 bits per heavy atom. The van der Waals surface area contributed by atoms with Gasteiger partial charge in [-0.15, -0.1) is 0 Å². The van der Waals surface area contributed by atoms with Crippen LogP contribution in [-0.2, 0) is 17.9 Å². The number of aliphatic hydroxyl groups excluding tert-OH is 1. The Labute approximate surface area is 162 Å². The van der Waals surface area contributed by atoms with Crippen molar-refractivity contribution in [3.05, 3.63) is 65.7 Å². The largest absolute Gasteiger partial charge is 0.497 e. The van der Waals surface area contributed by atoms with Crippen molar-refractivity contribution in [1.29, 1.82) is 0 Å². The summed E-state index contributed by atoms with van der Waals surface area (Å²) in [5.74, 6) is 1.60. The molecule has 0 aliphatic heterocycles. The lowest BCUT2D eigenvalue weighted by molar-refractivity contribution is -0.000131. The fourth-order valence-electron chi connectivity index (χ4n) is 3.43. The van der Waals surface area contributed by atoms with Gasteiger partial charge in [-0.25, -0.2) is 0 Å². The minimum atomic E-state index is -0.492. The molecular formula is C23H31NO3. The highest BCUT2D eigenvalue weighted by Crippen LogP contribution is 2.35. The first-order valence-corrected chi connectivity index (χ1v) is 9.82. The zero-order valence-corrected chi connectivity index (χ0v) is 16.4. The summed E-state index contributed by atoms with van der Waals surface area (Å²) >= 11 is 0. The van der Waals surface area contributed by atoms with E-state index in [1.54, 1.807) is 7.11 Å². The molecule has 0 amide bonds. The summed E-state index contributed by atoms with van der Waals surface area (Å²) in [4.78, 5) is 2.40. The van der Waals surface area contributed by atoms with Crippen LogP contribution in [0.4, 0.5) is 0 Å². The fourth-order valence-corrected chi connectivity index (χ4v) is 3.43. The van der Waals surface area contributed by atoms with E-state index in [0.29, 0.717) is 25.8 Å². The highest BCUT2D eigenvalue weighted by atomic mass is 16.5. The van der Waals surface area contributed by atoms with Gasteiger partial charge in [-0.1, -0.05) is 42.5 Å². The molecule has 0 spiro atoms. The summed E-state index contributed by atoms with van der Waals surface area (Å²) < 4.78 is 10.9. The summed E-state index contributed by atoms with van der Waals surface area (Å²) in [7, 11) is 1.66. The third kappa shape index (κ3) is 6.35. The van der Waals surface area contributed by atoms with Crippen molar-refractivity contribution >= 4 is 0 Å². The molecule has 0 bridgehead atoms. The molecule has 2 aromatic carbocycles. The molecule has 146 valence electrons. The summed E-state index contributed by atoms with van der Waals surface area (Å²) in [6.07, 6.45) is 2.11. The van der Waals surface area contributed by atoms with E-state index in [9.17, 15) is 5.11 Å². The maximum absolute atomic E-state index is 10.5. The molecule has 4 nitrogen and oxygen atoms in total. The molecule has 0 heterocycles. The lowest BCUT2D eigenvalue weighted by atomic mass is 10.1. The van der Waals surface area contributed by atoms with Crippen molar-refractivity contribution in [2.75, 3.05) is 20.3 Å². The van der Waals surface area contributed by atoms with Crippen LogP contribution < -0.4 is 4.74 Å². The van der Waals surface area contributed by atoms with E-state index in [2.05, 4.69) is 36.1 Å². The number of benzene rings is 2. The van der Waals surface area contributed by atoms with Crippen molar-refractivity contribution in [2.45, 2.75) is 45.1 Å². The highest BCUT2D eigenvalue weighted by molar-refractivity contribution is 5.26. The van der Waals surface area contributed by atoms with E-state index in [4.69, 9.17) is 9.47 Å². The first-order valence-electron chi connectivity index (χ1n) is 9.82. The maximum atomic E-state index is 10.5. The van der Waals surface area contributed by atoms with Gasteiger partial charge in [-0.2, -0.15) is 0 Å². The van der Waals surface area contributed by atoms with Crippen molar-refractivity contribution in [2.24, 2.45) is 5.92 Å². The third-order valence-electron chi connectivity index (χ3n) is 5.29. The lowest BCUT2D eigenvalue weighted by Gasteiger charge is -2.31. The zero-order valence-electron chi connectivity index (χ0n) is 16.4. The monoisotopic (exact) mass is 369 g/mol. The number of methoxy groups -OCH3 is 1. The molecule has 27 heavy (non-hydrogen) atoms. The number of hydrogen-bond donors (Lipinski definition) is 1. The van der Waals surface area contributed by atoms with Crippen LogP contribution in [0.2, 0.25) is 0 Å². The second-order valence-electron chi connectivity index (χ2n) is 7.51. The molecule has 0 radical (unpaired) electrons. The molecule has 1 N–H and O–H groups in total. The predicted octanol–water partition coefficient (Wildman–Crippen LogP) is 3.87. The van der Waals surface area contributed by atoms with Gasteiger partial charge in [-0.3, -0.25) is 4.90 Å². The molecule has 0 aromatic heterocycles. The standard InChI is InChI=1S/C23H31NO3/c1-18(21-10-11-21)24(14-19-6-4-3-5-7-19)15-22(25)17-27-16-20-8-12-23(26-2)13-9-20/h3-9,12-13,18,21-22,25H,10-11,14-17H2,1-2H3. The second kappa shape index (κ2) is 9.88. The molecular weight excluding hydrogens is 338 g/mol. The Morgan fingerprint density at radius 3 is 2.37 bits per heavy atom. The second-order valence-corrected chi connectivity index (χ2v) is 7.51. The van der Waals surface area contributed by atoms with E-state index in [0.717, 1.165) is 23.8 Å². The summed E-state index contributed by atoms with van der Waals surface area (Å²) in [5.41, 5.74) is 2.37. The minimum absolute atomic E-state index is 0.342. The molecule has 1 aliphatic carbocycles. The molecule has 0 saturated heterocycles. The van der Waals surface area contributed by atoms with Crippen LogP contribution in [0.1, 0.15) is 30.9 Å². The molecule has 1 saturated carbocycles. The first-order chi connectivity index (χ1) is 13.2. The van der Waals surface area contributed by atoms with Gasteiger partial charge in [0, 0.05) is 19.1 Å². The molecule has 4 heteroatoms. The van der Waals surface area contributed by atoms with E-state index in [-0.39, 0.29) is 0 Å². The average molecular weight is 370 g/mol. The normalized spacial score (nSPS) is 16.3. The van der Waals surface area contributed by atoms with Gasteiger partial charge in [-0.05, 0) is 48.9 Å². The van der Waals surface area contributed by atoms with Gasteiger partial charge in [0.05, 0.1) is 26.4 Å². The first kappa shape index (κ1) is 19.9. The fraction of sp³-hybridized carbons (Fsp3) is 0.478. The quantitative estimate of drug-likeness (QED) is 0.653. The molecule has 2 aromatic rings. The van der Waals surface area contributed by atoms with Gasteiger partial charge < -0.3 is 14.6 Å². The van der Waals surface area contributed by atoms with Crippen LogP contribution >= 0.6 is 0 Å². The van der Waals surface area contributed by atoms with Crippen LogP contribution in [0, 0.1) is 5.92 Å². The Morgan fingerprint density at radius 2 is 1.74 bits per heavy atom. The van der Waals surface area contributed by atoms with Crippen molar-refractivity contribution in [3.8, 4) is 5.75 Å². The van der Waals surface area contributed by atoms with Crippen molar-refractivity contribution < 1.29 is 14.6 Å². The van der Waals surface area contributed by atoms with E-state index < -0.39 is 6.10 Å². The number of aliphatic hydroxyl groups is 1. The molecule has 1 aliphatic rings. The van der Waals surface area contributed by atoms with Gasteiger partial charge in [0.25, 0.3) is 0 Å². The maximum Gasteiger partial charge on any atom is 0.118 e. The van der Waals surface area contributed by atoms with Gasteiger partial charge in [0.2, 0.25) is 0 Å². The predicted molar refractivity (Wildman–Crippen MR) is 108 cm³/mol. The Kier molecular flexibility index (Phi) is 7.27. The minimum Gasteiger partial charge on any atom is -0.497 e. The van der Waals surface area contributed by atoms with Crippen LogP contribution in [-0.4, -0.2) is 42.4 Å². The Balaban J connectivity index is 1.48. The third-order valence-corrected chi connectivity index (χ3v) is 5.29. The summed E-state index contributed by atoms with van der Waals surface area (Å²) in [6, 6.07) is 18.8. The highest BCUT2D eigenvalue weighted by Gasteiger charge is 2.32. The van der Waals surface area contributed by atoms with Gasteiger partial charge in [0.1, 0.15) is 5.75 Å². The van der Waals surface area contributed by atoms with Crippen molar-refractivity contribution in [3.63, 3.8) is 0 Å². The Hall–Kier alpha value is -1.88. The lowest BCUT2D eigenvalue weighted by Crippen LogP contribution is -2.41. The summed E-state index contributed by atoms with van der Waals surface area (Å²) in [5, 5.41) is 10.5. The number of nitrogens with zero attached hydrogens (tertiary/aromatic N) is 1. The van der Waals surface area contributed by atoms with Crippen LogP contribution in [0.5, 0.6) is 5.75 Å².